The molecule has 0 bridgehead atoms. The predicted octanol–water partition coefficient (Wildman–Crippen LogP) is 5.66. The Bertz CT molecular complexity index is 1060. The maximum absolute atomic E-state index is 15.6. The second-order valence-corrected chi connectivity index (χ2v) is 12.0. The molecule has 2 atom stereocenters. The normalized spacial score (nSPS) is 22.9. The Hall–Kier alpha value is -2.64. The third kappa shape index (κ3) is 3.44. The molecule has 1 aliphatic heterocycles. The van der Waals surface area contributed by atoms with Crippen molar-refractivity contribution in [2.75, 3.05) is 6.61 Å². The second-order valence-electron chi connectivity index (χ2n) is 9.11. The van der Waals surface area contributed by atoms with Gasteiger partial charge in [0, 0.05) is 22.2 Å². The summed E-state index contributed by atoms with van der Waals surface area (Å²) in [6.45, 7) is 0.277. The maximum Gasteiger partial charge on any atom is 0.312 e. The van der Waals surface area contributed by atoms with E-state index in [4.69, 9.17) is 4.74 Å². The van der Waals surface area contributed by atoms with E-state index in [1.165, 1.54) is 0 Å². The van der Waals surface area contributed by atoms with E-state index in [0.29, 0.717) is 0 Å². The summed E-state index contributed by atoms with van der Waals surface area (Å²) in [4.78, 5) is 13.5. The van der Waals surface area contributed by atoms with E-state index < -0.39 is 12.6 Å². The van der Waals surface area contributed by atoms with E-state index >= 15 is 4.57 Å². The molecule has 32 heavy (non-hydrogen) atoms. The summed E-state index contributed by atoms with van der Waals surface area (Å²) in [5.41, 5.74) is 0.0453. The van der Waals surface area contributed by atoms with Crippen molar-refractivity contribution in [3.63, 3.8) is 0 Å². The van der Waals surface area contributed by atoms with E-state index in [1.54, 1.807) is 0 Å². The molecule has 1 spiro atoms. The minimum Gasteiger partial charge on any atom is -0.465 e. The van der Waals surface area contributed by atoms with Gasteiger partial charge in [0.25, 0.3) is 0 Å². The highest BCUT2D eigenvalue weighted by Gasteiger charge is 2.61. The zero-order valence-electron chi connectivity index (χ0n) is 18.2. The molecule has 1 aliphatic carbocycles. The number of hydrogen-bond acceptors (Lipinski definition) is 3. The number of rotatable bonds is 4. The van der Waals surface area contributed by atoms with Gasteiger partial charge in [-0.1, -0.05) is 110 Å². The fraction of sp³-hybridized carbons (Fsp3) is 0.321. The molecule has 3 nitrogen and oxygen atoms in total. The Balaban J connectivity index is 1.79. The summed E-state index contributed by atoms with van der Waals surface area (Å²) in [5, 5.41) is 1.66. The zero-order chi connectivity index (χ0) is 22.0. The molecule has 0 unspecified atom stereocenters. The molecule has 1 saturated heterocycles. The van der Waals surface area contributed by atoms with Gasteiger partial charge in [-0.05, 0) is 18.4 Å². The van der Waals surface area contributed by atoms with Crippen molar-refractivity contribution < 1.29 is 14.1 Å². The minimum absolute atomic E-state index is 0.113. The largest absolute Gasteiger partial charge is 0.465 e. The maximum atomic E-state index is 15.6. The molecule has 0 radical (unpaired) electrons. The Kier molecular flexibility index (Phi) is 5.78. The van der Waals surface area contributed by atoms with Crippen molar-refractivity contribution in [2.45, 2.75) is 43.7 Å². The summed E-state index contributed by atoms with van der Waals surface area (Å²) < 4.78 is 21.4. The van der Waals surface area contributed by atoms with Crippen molar-refractivity contribution in [3.8, 4) is 0 Å². The number of carbonyl (C=O) groups is 1. The highest BCUT2D eigenvalue weighted by molar-refractivity contribution is 7.79. The molecular formula is C28H29O3P. The van der Waals surface area contributed by atoms with Crippen LogP contribution in [0.5, 0.6) is 0 Å². The molecule has 0 N–H and O–H groups in total. The number of esters is 1. The highest BCUT2D eigenvalue weighted by atomic mass is 31.2. The lowest BCUT2D eigenvalue weighted by atomic mass is 9.66. The number of benzene rings is 3. The smallest absolute Gasteiger partial charge is 0.312 e. The lowest BCUT2D eigenvalue weighted by Crippen LogP contribution is -2.55. The quantitative estimate of drug-likeness (QED) is 0.385. The molecule has 0 aromatic heterocycles. The van der Waals surface area contributed by atoms with Gasteiger partial charge < -0.3 is 9.30 Å². The average Bonchev–Trinajstić information content (AvgIpc) is 2.87. The van der Waals surface area contributed by atoms with Gasteiger partial charge in [-0.25, -0.2) is 0 Å². The Labute approximate surface area is 190 Å². The molecule has 3 aromatic carbocycles. The summed E-state index contributed by atoms with van der Waals surface area (Å²) in [6, 6.07) is 29.9. The van der Waals surface area contributed by atoms with Crippen molar-refractivity contribution in [3.05, 3.63) is 96.6 Å². The van der Waals surface area contributed by atoms with Crippen LogP contribution >= 0.6 is 7.14 Å². The Morgan fingerprint density at radius 1 is 0.719 bits per heavy atom. The minimum atomic E-state index is -3.19. The van der Waals surface area contributed by atoms with Crippen molar-refractivity contribution in [2.24, 2.45) is 5.41 Å². The number of hydrogen-bond donors (Lipinski definition) is 0. The molecule has 1 saturated carbocycles. The fourth-order valence-corrected chi connectivity index (χ4v) is 9.93. The van der Waals surface area contributed by atoms with Crippen molar-refractivity contribution in [1.29, 1.82) is 0 Å². The molecule has 5 rings (SSSR count). The first kappa shape index (κ1) is 21.2. The van der Waals surface area contributed by atoms with Gasteiger partial charge >= 0.3 is 5.97 Å². The van der Waals surface area contributed by atoms with Gasteiger partial charge in [-0.2, -0.15) is 0 Å². The zero-order valence-corrected chi connectivity index (χ0v) is 19.1. The van der Waals surface area contributed by atoms with Crippen LogP contribution in [0.2, 0.25) is 0 Å². The van der Waals surface area contributed by atoms with E-state index in [0.717, 1.165) is 48.3 Å². The van der Waals surface area contributed by atoms with Crippen molar-refractivity contribution in [1.82, 2.24) is 0 Å². The third-order valence-electron chi connectivity index (χ3n) is 7.39. The predicted molar refractivity (Wildman–Crippen MR) is 129 cm³/mol. The van der Waals surface area contributed by atoms with Gasteiger partial charge in [0.15, 0.2) is 0 Å². The van der Waals surface area contributed by atoms with Gasteiger partial charge in [0.05, 0.1) is 12.0 Å². The van der Waals surface area contributed by atoms with E-state index in [1.807, 2.05) is 78.9 Å². The first-order valence-corrected chi connectivity index (χ1v) is 13.4. The molecule has 2 aliphatic rings. The molecule has 3 aromatic rings. The van der Waals surface area contributed by atoms with Gasteiger partial charge in [0.1, 0.15) is 7.14 Å². The van der Waals surface area contributed by atoms with Crippen LogP contribution < -0.4 is 10.6 Å². The first-order valence-electron chi connectivity index (χ1n) is 11.6. The van der Waals surface area contributed by atoms with Crippen LogP contribution in [-0.2, 0) is 14.1 Å². The summed E-state index contributed by atoms with van der Waals surface area (Å²) >= 11 is 0. The number of ether oxygens (including phenoxy) is 1. The monoisotopic (exact) mass is 444 g/mol. The fourth-order valence-electron chi connectivity index (χ4n) is 5.94. The highest BCUT2D eigenvalue weighted by Crippen LogP contribution is 2.65. The lowest BCUT2D eigenvalue weighted by Gasteiger charge is -2.51. The molecule has 4 heteroatoms. The van der Waals surface area contributed by atoms with Gasteiger partial charge in [-0.15, -0.1) is 0 Å². The van der Waals surface area contributed by atoms with Gasteiger partial charge in [0.2, 0.25) is 0 Å². The summed E-state index contributed by atoms with van der Waals surface area (Å²) in [7, 11) is -3.19. The van der Waals surface area contributed by atoms with E-state index in [2.05, 4.69) is 12.1 Å². The van der Waals surface area contributed by atoms with Crippen molar-refractivity contribution >= 4 is 23.7 Å². The van der Waals surface area contributed by atoms with Gasteiger partial charge in [-0.3, -0.25) is 4.79 Å². The Morgan fingerprint density at radius 2 is 1.22 bits per heavy atom. The standard InChI is InChI=1S/C28H29O3P/c29-27-28(19-11-4-12-20-28)26(25(21-31-27)22-13-5-1-6-14-22)32(30,23-15-7-2-8-16-23)24-17-9-3-10-18-24/h1-3,5-10,13-18,25-26H,4,11-12,19-21H2/t25-,26-/m0/s1. The third-order valence-corrected chi connectivity index (χ3v) is 11.2. The number of cyclic esters (lactones) is 1. The molecule has 164 valence electrons. The van der Waals surface area contributed by atoms with Crippen LogP contribution in [0, 0.1) is 5.41 Å². The number of carbonyl (C=O) groups excluding carboxylic acids is 1. The van der Waals surface area contributed by atoms with E-state index in [-0.39, 0.29) is 24.2 Å². The molecule has 1 heterocycles. The van der Waals surface area contributed by atoms with Crippen LogP contribution in [0.1, 0.15) is 43.6 Å². The van der Waals surface area contributed by atoms with Crippen LogP contribution in [0.3, 0.4) is 0 Å². The topological polar surface area (TPSA) is 43.4 Å². The van der Waals surface area contributed by atoms with Crippen LogP contribution in [0.4, 0.5) is 0 Å². The van der Waals surface area contributed by atoms with Crippen LogP contribution in [0.15, 0.2) is 91.0 Å². The molecule has 2 fully saturated rings. The van der Waals surface area contributed by atoms with Crippen LogP contribution in [-0.4, -0.2) is 18.2 Å². The SMILES string of the molecule is O=C1OC[C@@H](c2ccccc2)[C@H](P(=O)(c2ccccc2)c2ccccc2)C12CCCCC2. The first-order chi connectivity index (χ1) is 15.7. The Morgan fingerprint density at radius 3 is 1.75 bits per heavy atom. The molecule has 0 amide bonds. The van der Waals surface area contributed by atoms with E-state index in [9.17, 15) is 4.79 Å². The van der Waals surface area contributed by atoms with Crippen LogP contribution in [0.25, 0.3) is 0 Å². The second kappa shape index (κ2) is 8.71. The lowest BCUT2D eigenvalue weighted by molar-refractivity contribution is -0.165. The molecular weight excluding hydrogens is 415 g/mol. The average molecular weight is 445 g/mol. The summed E-state index contributed by atoms with van der Waals surface area (Å²) in [6.07, 6.45) is 4.53. The summed E-state index contributed by atoms with van der Waals surface area (Å²) in [5.74, 6) is -0.264.